The highest BCUT2D eigenvalue weighted by atomic mass is 16.4. The monoisotopic (exact) mass is 235 g/mol. The van der Waals surface area contributed by atoms with Crippen LogP contribution in [0.4, 0.5) is 6.01 Å². The first-order valence-electron chi connectivity index (χ1n) is 6.12. The van der Waals surface area contributed by atoms with Gasteiger partial charge in [-0.05, 0) is 38.6 Å². The quantitative estimate of drug-likeness (QED) is 0.831. The summed E-state index contributed by atoms with van der Waals surface area (Å²) in [5, 5.41) is 3.10. The molecule has 1 amide bonds. The van der Waals surface area contributed by atoms with Crippen LogP contribution in [-0.2, 0) is 4.79 Å². The Bertz CT molecular complexity index is 417. The largest absolute Gasteiger partial charge is 0.432 e. The minimum atomic E-state index is -0.109. The normalized spacial score (nSPS) is 36.6. The molecular formula is C12H17N3O2. The molecule has 2 heterocycles. The van der Waals surface area contributed by atoms with Gasteiger partial charge >= 0.3 is 6.01 Å². The van der Waals surface area contributed by atoms with E-state index in [-0.39, 0.29) is 18.0 Å². The number of hydrogen-bond donors (Lipinski definition) is 1. The van der Waals surface area contributed by atoms with Crippen molar-refractivity contribution in [3.05, 3.63) is 12.5 Å². The van der Waals surface area contributed by atoms with Crippen molar-refractivity contribution in [2.45, 2.75) is 31.8 Å². The molecule has 0 spiro atoms. The van der Waals surface area contributed by atoms with E-state index in [4.69, 9.17) is 4.42 Å². The Balaban J connectivity index is 1.95. The summed E-state index contributed by atoms with van der Waals surface area (Å²) in [4.78, 5) is 18.3. The minimum Gasteiger partial charge on any atom is -0.432 e. The van der Waals surface area contributed by atoms with Crippen LogP contribution in [0.15, 0.2) is 16.9 Å². The predicted octanol–water partition coefficient (Wildman–Crippen LogP) is 1.02. The van der Waals surface area contributed by atoms with Crippen LogP contribution in [0, 0.1) is 11.8 Å². The lowest BCUT2D eigenvalue weighted by atomic mass is 10.1. The lowest BCUT2D eigenvalue weighted by Crippen LogP contribution is -2.48. The summed E-state index contributed by atoms with van der Waals surface area (Å²) >= 11 is 0. The van der Waals surface area contributed by atoms with Gasteiger partial charge in [-0.2, -0.15) is 0 Å². The molecule has 4 atom stereocenters. The van der Waals surface area contributed by atoms with Gasteiger partial charge in [-0.1, -0.05) is 0 Å². The van der Waals surface area contributed by atoms with E-state index in [0.29, 0.717) is 17.9 Å². The van der Waals surface area contributed by atoms with Crippen molar-refractivity contribution in [3.63, 3.8) is 0 Å². The molecule has 0 radical (unpaired) electrons. The maximum Gasteiger partial charge on any atom is 0.304 e. The van der Waals surface area contributed by atoms with E-state index in [1.807, 2.05) is 7.05 Å². The summed E-state index contributed by atoms with van der Waals surface area (Å²) in [5.41, 5.74) is 0. The zero-order valence-corrected chi connectivity index (χ0v) is 10.1. The van der Waals surface area contributed by atoms with Gasteiger partial charge in [0.2, 0.25) is 5.91 Å². The molecule has 17 heavy (non-hydrogen) atoms. The van der Waals surface area contributed by atoms with E-state index in [2.05, 4.69) is 17.2 Å². The van der Waals surface area contributed by atoms with Crippen molar-refractivity contribution in [1.82, 2.24) is 10.3 Å². The standard InChI is InChI=1S/C12H17N3O2/c1-7-9-5-8(9)6-10(13-2)11(16)15(7)12-14-3-4-17-12/h3-4,7-10,13H,5-6H2,1-2H3. The number of carbonyl (C=O) groups excluding carboxylic acids is 1. The number of fused-ring (bicyclic) bond motifs is 1. The molecule has 1 aromatic rings. The van der Waals surface area contributed by atoms with E-state index >= 15 is 0 Å². The molecule has 1 saturated carbocycles. The SMILES string of the molecule is CNC1CC2CC2C(C)N(c2ncco2)C1=O. The number of aromatic nitrogens is 1. The van der Waals surface area contributed by atoms with Gasteiger partial charge < -0.3 is 9.73 Å². The number of anilines is 1. The Kier molecular flexibility index (Phi) is 2.43. The molecule has 4 unspecified atom stereocenters. The van der Waals surface area contributed by atoms with Crippen LogP contribution in [0.5, 0.6) is 0 Å². The number of likely N-dealkylation sites (N-methyl/N-ethyl adjacent to an activating group) is 1. The third kappa shape index (κ3) is 1.65. The molecule has 5 nitrogen and oxygen atoms in total. The molecule has 1 N–H and O–H groups in total. The average molecular weight is 235 g/mol. The first-order chi connectivity index (χ1) is 8.22. The number of carbonyl (C=O) groups is 1. The van der Waals surface area contributed by atoms with Crippen LogP contribution >= 0.6 is 0 Å². The highest BCUT2D eigenvalue weighted by Crippen LogP contribution is 2.48. The number of oxazole rings is 1. The van der Waals surface area contributed by atoms with Gasteiger partial charge in [0.25, 0.3) is 0 Å². The van der Waals surface area contributed by atoms with Gasteiger partial charge in [0.05, 0.1) is 12.2 Å². The summed E-state index contributed by atoms with van der Waals surface area (Å²) in [5.74, 6) is 1.35. The smallest absolute Gasteiger partial charge is 0.304 e. The molecule has 5 heteroatoms. The van der Waals surface area contributed by atoms with Crippen molar-refractivity contribution in [2.75, 3.05) is 11.9 Å². The van der Waals surface area contributed by atoms with Gasteiger partial charge in [-0.15, -0.1) is 0 Å². The topological polar surface area (TPSA) is 58.4 Å². The lowest BCUT2D eigenvalue weighted by Gasteiger charge is -2.27. The third-order valence-electron chi connectivity index (χ3n) is 4.05. The van der Waals surface area contributed by atoms with Crippen molar-refractivity contribution in [2.24, 2.45) is 11.8 Å². The first-order valence-corrected chi connectivity index (χ1v) is 6.12. The summed E-state index contributed by atoms with van der Waals surface area (Å²) in [7, 11) is 1.84. The number of nitrogens with one attached hydrogen (secondary N) is 1. The fourth-order valence-electron chi connectivity index (χ4n) is 2.94. The summed E-state index contributed by atoms with van der Waals surface area (Å²) < 4.78 is 5.30. The summed E-state index contributed by atoms with van der Waals surface area (Å²) in [6, 6.07) is 0.502. The van der Waals surface area contributed by atoms with Gasteiger partial charge in [-0.25, -0.2) is 4.98 Å². The van der Waals surface area contributed by atoms with Crippen LogP contribution in [-0.4, -0.2) is 30.0 Å². The van der Waals surface area contributed by atoms with E-state index in [1.54, 1.807) is 11.1 Å². The number of amides is 1. The lowest BCUT2D eigenvalue weighted by molar-refractivity contribution is -0.121. The molecule has 0 bridgehead atoms. The van der Waals surface area contributed by atoms with Crippen LogP contribution < -0.4 is 10.2 Å². The maximum absolute atomic E-state index is 12.4. The van der Waals surface area contributed by atoms with Gasteiger partial charge in [0.1, 0.15) is 6.26 Å². The van der Waals surface area contributed by atoms with Crippen molar-refractivity contribution in [3.8, 4) is 0 Å². The van der Waals surface area contributed by atoms with Crippen molar-refractivity contribution in [1.29, 1.82) is 0 Å². The molecule has 3 rings (SSSR count). The molecule has 2 aliphatic rings. The van der Waals surface area contributed by atoms with E-state index in [0.717, 1.165) is 6.42 Å². The van der Waals surface area contributed by atoms with Gasteiger partial charge in [0, 0.05) is 6.04 Å². The first kappa shape index (κ1) is 10.8. The molecular weight excluding hydrogens is 218 g/mol. The minimum absolute atomic E-state index is 0.0784. The molecule has 1 aliphatic heterocycles. The molecule has 1 aliphatic carbocycles. The Morgan fingerprint density at radius 2 is 2.35 bits per heavy atom. The van der Waals surface area contributed by atoms with Crippen LogP contribution in [0.3, 0.4) is 0 Å². The van der Waals surface area contributed by atoms with Crippen molar-refractivity contribution >= 4 is 11.9 Å². The van der Waals surface area contributed by atoms with Crippen molar-refractivity contribution < 1.29 is 9.21 Å². The van der Waals surface area contributed by atoms with E-state index in [9.17, 15) is 4.79 Å². The molecule has 2 fully saturated rings. The highest BCUT2D eigenvalue weighted by Gasteiger charge is 2.51. The van der Waals surface area contributed by atoms with Crippen LogP contribution in [0.25, 0.3) is 0 Å². The Labute approximate surface area is 100 Å². The number of hydrogen-bond acceptors (Lipinski definition) is 4. The van der Waals surface area contributed by atoms with Crippen LogP contribution in [0.2, 0.25) is 0 Å². The third-order valence-corrected chi connectivity index (χ3v) is 4.05. The summed E-state index contributed by atoms with van der Waals surface area (Å²) in [6.45, 7) is 2.09. The molecule has 92 valence electrons. The molecule has 1 aromatic heterocycles. The number of rotatable bonds is 2. The molecule has 0 aromatic carbocycles. The zero-order valence-electron chi connectivity index (χ0n) is 10.1. The Morgan fingerprint density at radius 3 is 3.00 bits per heavy atom. The highest BCUT2D eigenvalue weighted by molar-refractivity contribution is 5.96. The second-order valence-electron chi connectivity index (χ2n) is 5.00. The Hall–Kier alpha value is -1.36. The number of nitrogens with zero attached hydrogens (tertiary/aromatic N) is 2. The second kappa shape index (κ2) is 3.84. The second-order valence-corrected chi connectivity index (χ2v) is 5.00. The average Bonchev–Trinajstić information content (AvgIpc) is 2.92. The molecule has 1 saturated heterocycles. The predicted molar refractivity (Wildman–Crippen MR) is 62.5 cm³/mol. The van der Waals surface area contributed by atoms with Gasteiger partial charge in [-0.3, -0.25) is 9.69 Å². The van der Waals surface area contributed by atoms with Crippen LogP contribution in [0.1, 0.15) is 19.8 Å². The van der Waals surface area contributed by atoms with Gasteiger partial charge in [0.15, 0.2) is 0 Å². The van der Waals surface area contributed by atoms with E-state index in [1.165, 1.54) is 12.7 Å². The summed E-state index contributed by atoms with van der Waals surface area (Å²) in [6.07, 6.45) is 5.24. The van der Waals surface area contributed by atoms with E-state index < -0.39 is 0 Å². The Morgan fingerprint density at radius 1 is 1.53 bits per heavy atom. The maximum atomic E-state index is 12.4. The zero-order chi connectivity index (χ0) is 12.0. The fourth-order valence-corrected chi connectivity index (χ4v) is 2.94. The fraction of sp³-hybridized carbons (Fsp3) is 0.667.